The Bertz CT molecular complexity index is 2460. The van der Waals surface area contributed by atoms with Gasteiger partial charge in [0.2, 0.25) is 0 Å². The molecular formula is C45H34N2O. The molecule has 2 aliphatic rings. The van der Waals surface area contributed by atoms with Crippen LogP contribution < -0.4 is 0 Å². The largest absolute Gasteiger partial charge is 0.456 e. The summed E-state index contributed by atoms with van der Waals surface area (Å²) >= 11 is 0. The van der Waals surface area contributed by atoms with Gasteiger partial charge in [-0.1, -0.05) is 129 Å². The molecule has 0 spiro atoms. The van der Waals surface area contributed by atoms with Gasteiger partial charge < -0.3 is 4.42 Å². The maximum absolute atomic E-state index is 6.47. The van der Waals surface area contributed by atoms with Crippen LogP contribution in [0.1, 0.15) is 54.5 Å². The summed E-state index contributed by atoms with van der Waals surface area (Å²) < 4.78 is 6.47. The summed E-state index contributed by atoms with van der Waals surface area (Å²) in [6.07, 6.45) is 3.96. The Morgan fingerprint density at radius 2 is 1.21 bits per heavy atom. The average molecular weight is 619 g/mol. The van der Waals surface area contributed by atoms with Crippen LogP contribution in [-0.2, 0) is 5.41 Å². The van der Waals surface area contributed by atoms with Gasteiger partial charge in [-0.25, -0.2) is 9.98 Å². The van der Waals surface area contributed by atoms with Crippen molar-refractivity contribution in [1.82, 2.24) is 0 Å². The second-order valence-corrected chi connectivity index (χ2v) is 13.3. The molecule has 0 saturated heterocycles. The molecule has 0 bridgehead atoms. The first-order valence-corrected chi connectivity index (χ1v) is 16.7. The van der Waals surface area contributed by atoms with Crippen molar-refractivity contribution in [3.05, 3.63) is 173 Å². The van der Waals surface area contributed by atoms with Gasteiger partial charge >= 0.3 is 0 Å². The lowest BCUT2D eigenvalue weighted by Gasteiger charge is -2.21. The van der Waals surface area contributed by atoms with Crippen molar-refractivity contribution in [2.24, 2.45) is 9.98 Å². The second-order valence-electron chi connectivity index (χ2n) is 13.3. The molecule has 3 nitrogen and oxygen atoms in total. The minimum atomic E-state index is -0.0666. The Hall–Kier alpha value is -5.80. The maximum Gasteiger partial charge on any atom is 0.160 e. The number of hydrogen-bond donors (Lipinski definition) is 0. The molecule has 3 heteroatoms. The van der Waals surface area contributed by atoms with E-state index in [1.54, 1.807) is 0 Å². The van der Waals surface area contributed by atoms with E-state index in [1.165, 1.54) is 22.3 Å². The second kappa shape index (κ2) is 11.2. The van der Waals surface area contributed by atoms with Gasteiger partial charge in [-0.3, -0.25) is 0 Å². The van der Waals surface area contributed by atoms with Crippen LogP contribution in [0.15, 0.2) is 160 Å². The third-order valence-corrected chi connectivity index (χ3v) is 9.99. The number of benzene rings is 6. The smallest absolute Gasteiger partial charge is 0.160 e. The molecule has 0 fully saturated rings. The summed E-state index contributed by atoms with van der Waals surface area (Å²) in [4.78, 5) is 10.5. The molecule has 1 aliphatic carbocycles. The molecule has 0 N–H and O–H groups in total. The SMILES string of the molecule is CC1(C)c2ccccc2-c2cc3c(cc21)oc1ccc(-c2cccc(C4=N/C(c5ccccc5)=C\CC/C(c5ccccc5)=N\4)c2)cc13. The van der Waals surface area contributed by atoms with E-state index in [0.29, 0.717) is 0 Å². The molecule has 7 aromatic rings. The van der Waals surface area contributed by atoms with E-state index in [2.05, 4.69) is 147 Å². The molecule has 0 atom stereocenters. The van der Waals surface area contributed by atoms with Crippen LogP contribution in [-0.4, -0.2) is 11.5 Å². The van der Waals surface area contributed by atoms with Crippen molar-refractivity contribution < 1.29 is 4.42 Å². The van der Waals surface area contributed by atoms with E-state index in [-0.39, 0.29) is 5.41 Å². The number of aliphatic imine (C=N–C) groups is 2. The standard InChI is InChI=1S/C45H34N2O/c1-45(2)38-20-10-9-19-34(38)35-27-37-36-26-32(23-24-42(36)48-43(37)28-39(35)45)31-17-11-18-33(25-31)44-46-40(29-13-5-3-6-14-29)21-12-22-41(47-44)30-15-7-4-8-16-30/h3-11,13-21,23-28H,12,22H2,1-2H3/b40-21-,46-44-,47-41+. The predicted octanol–water partition coefficient (Wildman–Crippen LogP) is 11.6. The number of nitrogens with zero attached hydrogens (tertiary/aromatic N) is 2. The van der Waals surface area contributed by atoms with Crippen LogP contribution in [0.25, 0.3) is 49.9 Å². The summed E-state index contributed by atoms with van der Waals surface area (Å²) in [7, 11) is 0. The van der Waals surface area contributed by atoms with Gasteiger partial charge in [0, 0.05) is 21.8 Å². The molecule has 0 unspecified atom stereocenters. The predicted molar refractivity (Wildman–Crippen MR) is 200 cm³/mol. The normalized spacial score (nSPS) is 18.5. The van der Waals surface area contributed by atoms with Crippen LogP contribution in [0, 0.1) is 0 Å². The van der Waals surface area contributed by atoms with E-state index in [1.807, 2.05) is 12.1 Å². The first kappa shape index (κ1) is 28.4. The van der Waals surface area contributed by atoms with E-state index < -0.39 is 0 Å². The van der Waals surface area contributed by atoms with Crippen molar-refractivity contribution in [2.45, 2.75) is 32.1 Å². The fraction of sp³-hybridized carbons (Fsp3) is 0.111. The molecule has 48 heavy (non-hydrogen) atoms. The highest BCUT2D eigenvalue weighted by Crippen LogP contribution is 2.50. The zero-order valence-electron chi connectivity index (χ0n) is 27.1. The Morgan fingerprint density at radius 3 is 2.04 bits per heavy atom. The molecule has 0 saturated carbocycles. The highest BCUT2D eigenvalue weighted by molar-refractivity contribution is 6.14. The number of allylic oxidation sites excluding steroid dienone is 1. The average Bonchev–Trinajstić information content (AvgIpc) is 3.59. The van der Waals surface area contributed by atoms with E-state index in [9.17, 15) is 0 Å². The van der Waals surface area contributed by atoms with Crippen molar-refractivity contribution in [3.63, 3.8) is 0 Å². The number of hydrogen-bond acceptors (Lipinski definition) is 3. The molecular weight excluding hydrogens is 585 g/mol. The van der Waals surface area contributed by atoms with Crippen molar-refractivity contribution in [3.8, 4) is 22.3 Å². The minimum Gasteiger partial charge on any atom is -0.456 e. The molecule has 9 rings (SSSR count). The number of amidine groups is 1. The van der Waals surface area contributed by atoms with Crippen LogP contribution in [0.5, 0.6) is 0 Å². The van der Waals surface area contributed by atoms with Gasteiger partial charge in [0.1, 0.15) is 11.2 Å². The zero-order valence-corrected chi connectivity index (χ0v) is 27.1. The molecule has 1 aromatic heterocycles. The molecule has 230 valence electrons. The van der Waals surface area contributed by atoms with Gasteiger partial charge in [-0.05, 0) is 87.7 Å². The van der Waals surface area contributed by atoms with E-state index >= 15 is 0 Å². The molecule has 2 heterocycles. The zero-order chi connectivity index (χ0) is 32.2. The van der Waals surface area contributed by atoms with Crippen LogP contribution in [0.4, 0.5) is 0 Å². The topological polar surface area (TPSA) is 37.9 Å². The van der Waals surface area contributed by atoms with Crippen LogP contribution in [0.3, 0.4) is 0 Å². The quantitative estimate of drug-likeness (QED) is 0.193. The fourth-order valence-corrected chi connectivity index (χ4v) is 7.46. The highest BCUT2D eigenvalue weighted by atomic mass is 16.3. The fourth-order valence-electron chi connectivity index (χ4n) is 7.46. The summed E-state index contributed by atoms with van der Waals surface area (Å²) in [5.74, 6) is 0.720. The molecule has 6 aromatic carbocycles. The molecule has 0 radical (unpaired) electrons. The minimum absolute atomic E-state index is 0.0666. The number of furan rings is 1. The summed E-state index contributed by atoms with van der Waals surface area (Å²) in [5.41, 5.74) is 14.5. The Morgan fingerprint density at radius 1 is 0.521 bits per heavy atom. The lowest BCUT2D eigenvalue weighted by molar-refractivity contribution is 0.647. The van der Waals surface area contributed by atoms with Gasteiger partial charge in [0.15, 0.2) is 5.84 Å². The van der Waals surface area contributed by atoms with E-state index in [4.69, 9.17) is 14.4 Å². The van der Waals surface area contributed by atoms with Gasteiger partial charge in [0.05, 0.1) is 11.4 Å². The van der Waals surface area contributed by atoms with Gasteiger partial charge in [-0.15, -0.1) is 0 Å². The first-order chi connectivity index (χ1) is 23.5. The van der Waals surface area contributed by atoms with E-state index in [0.717, 1.165) is 79.8 Å². The van der Waals surface area contributed by atoms with Crippen molar-refractivity contribution >= 4 is 39.2 Å². The first-order valence-electron chi connectivity index (χ1n) is 16.7. The number of rotatable bonds is 4. The maximum atomic E-state index is 6.47. The Kier molecular flexibility index (Phi) is 6.62. The lowest BCUT2D eigenvalue weighted by atomic mass is 9.82. The van der Waals surface area contributed by atoms with Gasteiger partial charge in [0.25, 0.3) is 0 Å². The Labute approximate surface area is 280 Å². The number of fused-ring (bicyclic) bond motifs is 6. The van der Waals surface area contributed by atoms with Crippen LogP contribution >= 0.6 is 0 Å². The third-order valence-electron chi connectivity index (χ3n) is 9.99. The lowest BCUT2D eigenvalue weighted by Crippen LogP contribution is -2.14. The van der Waals surface area contributed by atoms with Gasteiger partial charge in [-0.2, -0.15) is 0 Å². The van der Waals surface area contributed by atoms with Crippen molar-refractivity contribution in [2.75, 3.05) is 0 Å². The van der Waals surface area contributed by atoms with Crippen molar-refractivity contribution in [1.29, 1.82) is 0 Å². The Balaban J connectivity index is 1.16. The monoisotopic (exact) mass is 618 g/mol. The summed E-state index contributed by atoms with van der Waals surface area (Å²) in [5, 5.41) is 2.27. The molecule has 0 amide bonds. The highest BCUT2D eigenvalue weighted by Gasteiger charge is 2.36. The summed E-state index contributed by atoms with van der Waals surface area (Å²) in [6.45, 7) is 4.62. The molecule has 1 aliphatic heterocycles. The van der Waals surface area contributed by atoms with Crippen LogP contribution in [0.2, 0.25) is 0 Å². The third kappa shape index (κ3) is 4.74. The summed E-state index contributed by atoms with van der Waals surface area (Å²) in [6, 6.07) is 49.4.